The van der Waals surface area contributed by atoms with Gasteiger partial charge in [-0.2, -0.15) is 0 Å². The lowest BCUT2D eigenvalue weighted by Gasteiger charge is -2.16. The van der Waals surface area contributed by atoms with Crippen LogP contribution in [0.15, 0.2) is 53.4 Å². The lowest BCUT2D eigenvalue weighted by molar-refractivity contribution is -0.122. The summed E-state index contributed by atoms with van der Waals surface area (Å²) in [6, 6.07) is 14.1. The quantitative estimate of drug-likeness (QED) is 0.649. The normalized spacial score (nSPS) is 17.2. The molecule has 1 saturated heterocycles. The predicted octanol–water partition coefficient (Wildman–Crippen LogP) is 2.47. The van der Waals surface area contributed by atoms with Gasteiger partial charge in [-0.1, -0.05) is 30.3 Å². The van der Waals surface area contributed by atoms with Crippen molar-refractivity contribution in [3.63, 3.8) is 0 Å². The van der Waals surface area contributed by atoms with E-state index in [2.05, 4.69) is 5.32 Å². The molecular weight excluding hydrogens is 450 g/mol. The molecule has 0 radical (unpaired) electrons. The van der Waals surface area contributed by atoms with Crippen molar-refractivity contribution in [2.75, 3.05) is 30.2 Å². The Hall–Kier alpha value is -3.11. The summed E-state index contributed by atoms with van der Waals surface area (Å²) in [5, 5.41) is 2.35. The average molecular weight is 472 g/mol. The first-order valence-corrected chi connectivity index (χ1v) is 12.6. The lowest BCUT2D eigenvalue weighted by atomic mass is 10.1. The molecule has 3 amide bonds. The first-order valence-electron chi connectivity index (χ1n) is 9.93. The van der Waals surface area contributed by atoms with Crippen molar-refractivity contribution in [3.8, 4) is 0 Å². The Morgan fingerprint density at radius 2 is 1.91 bits per heavy atom. The Balaban J connectivity index is 1.36. The molecule has 10 heteroatoms. The molecule has 0 unspecified atom stereocenters. The van der Waals surface area contributed by atoms with Crippen LogP contribution in [-0.4, -0.2) is 56.3 Å². The molecule has 2 heterocycles. The van der Waals surface area contributed by atoms with E-state index in [0.29, 0.717) is 29.1 Å². The van der Waals surface area contributed by atoms with E-state index < -0.39 is 10.0 Å². The average Bonchev–Trinajstić information content (AvgIpc) is 3.30. The van der Waals surface area contributed by atoms with Gasteiger partial charge >= 0.3 is 0 Å². The molecule has 8 nitrogen and oxygen atoms in total. The molecule has 2 aromatic rings. The summed E-state index contributed by atoms with van der Waals surface area (Å²) in [5.41, 5.74) is 2.61. The first-order chi connectivity index (χ1) is 15.2. The zero-order chi connectivity index (χ0) is 22.9. The van der Waals surface area contributed by atoms with Gasteiger partial charge in [0.25, 0.3) is 17.1 Å². The summed E-state index contributed by atoms with van der Waals surface area (Å²) in [4.78, 5) is 38.8. The highest BCUT2D eigenvalue weighted by molar-refractivity contribution is 8.18. The second kappa shape index (κ2) is 8.79. The maximum absolute atomic E-state index is 12.6. The SMILES string of the molecule is CS(=O)(=O)N1CCc2cc(C(=O)NCCN3C(=O)S/C(=C/c4ccccc4)C3=O)ccc21. The van der Waals surface area contributed by atoms with Crippen molar-refractivity contribution >= 4 is 50.6 Å². The van der Waals surface area contributed by atoms with Gasteiger partial charge in [-0.15, -0.1) is 0 Å². The molecule has 4 rings (SSSR count). The number of rotatable bonds is 6. The standard InChI is InChI=1S/C22H21N3O5S2/c1-32(29,30)25-11-9-16-14-17(7-8-18(16)25)20(26)23-10-12-24-21(27)19(31-22(24)28)13-15-5-3-2-4-6-15/h2-8,13-14H,9-12H2,1H3,(H,23,26)/b19-13+. The first kappa shape index (κ1) is 22.1. The van der Waals surface area contributed by atoms with E-state index in [1.54, 1.807) is 24.3 Å². The van der Waals surface area contributed by atoms with E-state index in [-0.39, 0.29) is 30.1 Å². The van der Waals surface area contributed by atoms with Gasteiger partial charge in [-0.25, -0.2) is 8.42 Å². The van der Waals surface area contributed by atoms with Crippen LogP contribution in [0, 0.1) is 0 Å². The second-order valence-electron chi connectivity index (χ2n) is 7.43. The highest BCUT2D eigenvalue weighted by Gasteiger charge is 2.34. The summed E-state index contributed by atoms with van der Waals surface area (Å²) in [6.45, 7) is 0.534. The fraction of sp³-hybridized carbons (Fsp3) is 0.227. The summed E-state index contributed by atoms with van der Waals surface area (Å²) < 4.78 is 25.0. The Bertz CT molecular complexity index is 1230. The number of carbonyl (C=O) groups is 3. The van der Waals surface area contributed by atoms with Crippen LogP contribution >= 0.6 is 11.8 Å². The zero-order valence-corrected chi connectivity index (χ0v) is 18.9. The fourth-order valence-electron chi connectivity index (χ4n) is 3.63. The molecule has 32 heavy (non-hydrogen) atoms. The molecule has 0 saturated carbocycles. The second-order valence-corrected chi connectivity index (χ2v) is 10.3. The third kappa shape index (κ3) is 4.56. The van der Waals surface area contributed by atoms with Crippen molar-refractivity contribution in [1.82, 2.24) is 10.2 Å². The van der Waals surface area contributed by atoms with Crippen LogP contribution in [0.25, 0.3) is 6.08 Å². The van der Waals surface area contributed by atoms with Crippen molar-refractivity contribution in [2.45, 2.75) is 6.42 Å². The van der Waals surface area contributed by atoms with Gasteiger partial charge < -0.3 is 5.32 Å². The monoisotopic (exact) mass is 471 g/mol. The van der Waals surface area contributed by atoms with Gasteiger partial charge in [-0.3, -0.25) is 23.6 Å². The number of nitrogens with one attached hydrogen (secondary N) is 1. The summed E-state index contributed by atoms with van der Waals surface area (Å²) in [5.74, 6) is -0.728. The van der Waals surface area contributed by atoms with E-state index in [4.69, 9.17) is 0 Å². The van der Waals surface area contributed by atoms with Crippen LogP contribution in [0.2, 0.25) is 0 Å². The molecule has 0 bridgehead atoms. The van der Waals surface area contributed by atoms with Crippen molar-refractivity contribution in [3.05, 3.63) is 70.1 Å². The molecular formula is C22H21N3O5S2. The van der Waals surface area contributed by atoms with E-state index in [1.165, 1.54) is 4.31 Å². The Morgan fingerprint density at radius 3 is 2.62 bits per heavy atom. The maximum Gasteiger partial charge on any atom is 0.293 e. The largest absolute Gasteiger partial charge is 0.350 e. The minimum atomic E-state index is -3.35. The Labute approximate surface area is 190 Å². The van der Waals surface area contributed by atoms with E-state index in [1.807, 2.05) is 30.3 Å². The molecule has 2 aromatic carbocycles. The van der Waals surface area contributed by atoms with Gasteiger partial charge in [0.05, 0.1) is 16.8 Å². The van der Waals surface area contributed by atoms with Gasteiger partial charge in [-0.05, 0) is 53.6 Å². The molecule has 0 aromatic heterocycles. The third-order valence-corrected chi connectivity index (χ3v) is 7.27. The number of benzene rings is 2. The molecule has 2 aliphatic heterocycles. The maximum atomic E-state index is 12.6. The minimum absolute atomic E-state index is 0.0648. The number of sulfonamides is 1. The molecule has 1 N–H and O–H groups in total. The molecule has 166 valence electrons. The van der Waals surface area contributed by atoms with Gasteiger partial charge in [0, 0.05) is 25.2 Å². The van der Waals surface area contributed by atoms with Crippen LogP contribution in [0.5, 0.6) is 0 Å². The van der Waals surface area contributed by atoms with E-state index in [0.717, 1.165) is 34.0 Å². The van der Waals surface area contributed by atoms with Gasteiger partial charge in [0.15, 0.2) is 0 Å². The fourth-order valence-corrected chi connectivity index (χ4v) is 5.46. The topological polar surface area (TPSA) is 104 Å². The number of imide groups is 1. The van der Waals surface area contributed by atoms with Crippen LogP contribution in [0.3, 0.4) is 0 Å². The summed E-state index contributed by atoms with van der Waals surface area (Å²) >= 11 is 0.880. The summed E-state index contributed by atoms with van der Waals surface area (Å²) in [7, 11) is -3.35. The highest BCUT2D eigenvalue weighted by atomic mass is 32.2. The third-order valence-electron chi connectivity index (χ3n) is 5.19. The molecule has 0 atom stereocenters. The number of nitrogens with zero attached hydrogens (tertiary/aromatic N) is 2. The van der Waals surface area contributed by atoms with Crippen LogP contribution in [0.4, 0.5) is 10.5 Å². The van der Waals surface area contributed by atoms with Gasteiger partial charge in [0.2, 0.25) is 10.0 Å². The number of fused-ring (bicyclic) bond motifs is 1. The predicted molar refractivity (Wildman–Crippen MR) is 124 cm³/mol. The number of hydrogen-bond acceptors (Lipinski definition) is 6. The number of anilines is 1. The number of amides is 3. The minimum Gasteiger partial charge on any atom is -0.350 e. The van der Waals surface area contributed by atoms with Crippen LogP contribution in [0.1, 0.15) is 21.5 Å². The molecule has 0 aliphatic carbocycles. The number of carbonyl (C=O) groups excluding carboxylic acids is 3. The Morgan fingerprint density at radius 1 is 1.16 bits per heavy atom. The Kier molecular flexibility index (Phi) is 6.07. The van der Waals surface area contributed by atoms with Crippen molar-refractivity contribution in [2.24, 2.45) is 0 Å². The van der Waals surface area contributed by atoms with Crippen LogP contribution in [-0.2, 0) is 21.2 Å². The van der Waals surface area contributed by atoms with E-state index >= 15 is 0 Å². The highest BCUT2D eigenvalue weighted by Crippen LogP contribution is 2.32. The van der Waals surface area contributed by atoms with Crippen LogP contribution < -0.4 is 9.62 Å². The molecule has 1 fully saturated rings. The lowest BCUT2D eigenvalue weighted by Crippen LogP contribution is -2.37. The van der Waals surface area contributed by atoms with Gasteiger partial charge in [0.1, 0.15) is 0 Å². The summed E-state index contributed by atoms with van der Waals surface area (Å²) in [6.07, 6.45) is 3.37. The zero-order valence-electron chi connectivity index (χ0n) is 17.3. The number of hydrogen-bond donors (Lipinski definition) is 1. The van der Waals surface area contributed by atoms with E-state index in [9.17, 15) is 22.8 Å². The van der Waals surface area contributed by atoms with Crippen molar-refractivity contribution in [1.29, 1.82) is 0 Å². The van der Waals surface area contributed by atoms with Crippen molar-refractivity contribution < 1.29 is 22.8 Å². The smallest absolute Gasteiger partial charge is 0.293 e. The number of thioether (sulfide) groups is 1. The molecule has 2 aliphatic rings. The molecule has 0 spiro atoms.